The first-order chi connectivity index (χ1) is 7.27. The molecule has 0 fully saturated rings. The van der Waals surface area contributed by atoms with E-state index in [1.165, 1.54) is 33.5 Å². The van der Waals surface area contributed by atoms with E-state index in [1.54, 1.807) is 0 Å². The summed E-state index contributed by atoms with van der Waals surface area (Å²) in [4.78, 5) is 1.35. The molecule has 1 aromatic rings. The van der Waals surface area contributed by atoms with Crippen LogP contribution in [0.3, 0.4) is 0 Å². The largest absolute Gasteiger partial charge is 0.316 e. The maximum absolute atomic E-state index is 3.62. The molecule has 1 nitrogen and oxygen atoms in total. The first kappa shape index (κ1) is 13.1. The normalized spacial score (nSPS) is 10.6. The Kier molecular flexibility index (Phi) is 6.37. The average molecular weight is 288 g/mol. The zero-order chi connectivity index (χ0) is 11.1. The summed E-state index contributed by atoms with van der Waals surface area (Å²) in [5, 5.41) is 3.16. The topological polar surface area (TPSA) is 12.0 Å². The molecule has 0 saturated carbocycles. The smallest absolute Gasteiger partial charge is 0.0314 e. The molecular weight excluding hydrogens is 270 g/mol. The lowest BCUT2D eigenvalue weighted by Crippen LogP contribution is -2.04. The van der Waals surface area contributed by atoms with Crippen LogP contribution in [0, 0.1) is 0 Å². The van der Waals surface area contributed by atoms with Gasteiger partial charge in [-0.3, -0.25) is 0 Å². The van der Waals surface area contributed by atoms with Crippen LogP contribution in [-0.4, -0.2) is 12.8 Å². The van der Waals surface area contributed by atoms with Crippen molar-refractivity contribution >= 4 is 27.7 Å². The molecule has 0 radical (unpaired) electrons. The Hall–Kier alpha value is 0.01000. The molecular formula is C12H18BrNS. The molecule has 0 aliphatic rings. The van der Waals surface area contributed by atoms with E-state index in [4.69, 9.17) is 0 Å². The molecule has 0 bridgehead atoms. The molecule has 1 N–H and O–H groups in total. The van der Waals surface area contributed by atoms with Gasteiger partial charge in [-0.05, 0) is 52.8 Å². The third-order valence-electron chi connectivity index (χ3n) is 2.13. The summed E-state index contributed by atoms with van der Waals surface area (Å²) in [6, 6.07) is 6.59. The van der Waals surface area contributed by atoms with Gasteiger partial charge in [0.1, 0.15) is 0 Å². The summed E-state index contributed by atoms with van der Waals surface area (Å²) >= 11 is 5.55. The Morgan fingerprint density at radius 1 is 1.40 bits per heavy atom. The van der Waals surface area contributed by atoms with Crippen LogP contribution >= 0.6 is 27.7 Å². The fourth-order valence-corrected chi connectivity index (χ4v) is 3.09. The highest BCUT2D eigenvalue weighted by molar-refractivity contribution is 9.10. The molecule has 1 rings (SSSR count). The first-order valence-electron chi connectivity index (χ1n) is 5.33. The number of hydrogen-bond donors (Lipinski definition) is 1. The minimum Gasteiger partial charge on any atom is -0.316 e. The van der Waals surface area contributed by atoms with Gasteiger partial charge in [-0.1, -0.05) is 19.4 Å². The van der Waals surface area contributed by atoms with Gasteiger partial charge in [0.2, 0.25) is 0 Å². The van der Waals surface area contributed by atoms with Gasteiger partial charge in [-0.2, -0.15) is 0 Å². The van der Waals surface area contributed by atoms with Crippen LogP contribution in [0.5, 0.6) is 0 Å². The molecule has 0 aliphatic heterocycles. The van der Waals surface area contributed by atoms with Gasteiger partial charge in [-0.15, -0.1) is 11.8 Å². The van der Waals surface area contributed by atoms with E-state index < -0.39 is 0 Å². The molecule has 3 heteroatoms. The summed E-state index contributed by atoms with van der Waals surface area (Å²) in [5.41, 5.74) is 1.32. The van der Waals surface area contributed by atoms with Crippen molar-refractivity contribution in [2.45, 2.75) is 31.2 Å². The molecule has 0 amide bonds. The number of unbranched alkanes of at least 4 members (excludes halogenated alkanes) is 1. The predicted octanol–water partition coefficient (Wildman–Crippen LogP) is 4.06. The first-order valence-corrected chi connectivity index (χ1v) is 7.11. The predicted molar refractivity (Wildman–Crippen MR) is 72.5 cm³/mol. The van der Waals surface area contributed by atoms with E-state index in [1.807, 2.05) is 18.8 Å². The van der Waals surface area contributed by atoms with Crippen LogP contribution < -0.4 is 5.32 Å². The van der Waals surface area contributed by atoms with E-state index in [0.717, 1.165) is 6.54 Å². The Morgan fingerprint density at radius 3 is 2.80 bits per heavy atom. The lowest BCUT2D eigenvalue weighted by molar-refractivity contribution is 0.816. The van der Waals surface area contributed by atoms with Gasteiger partial charge in [-0.25, -0.2) is 0 Å². The lowest BCUT2D eigenvalue weighted by Gasteiger charge is -2.06. The maximum Gasteiger partial charge on any atom is 0.0314 e. The summed E-state index contributed by atoms with van der Waals surface area (Å²) < 4.78 is 1.22. The van der Waals surface area contributed by atoms with Crippen LogP contribution in [0.2, 0.25) is 0 Å². The number of hydrogen-bond acceptors (Lipinski definition) is 2. The molecule has 0 unspecified atom stereocenters. The van der Waals surface area contributed by atoms with Crippen LogP contribution in [0.15, 0.2) is 27.6 Å². The third kappa shape index (κ3) is 4.58. The van der Waals surface area contributed by atoms with Crippen molar-refractivity contribution in [3.05, 3.63) is 28.2 Å². The van der Waals surface area contributed by atoms with E-state index in [-0.39, 0.29) is 0 Å². The molecule has 1 aromatic carbocycles. The quantitative estimate of drug-likeness (QED) is 0.626. The van der Waals surface area contributed by atoms with Crippen molar-refractivity contribution in [1.82, 2.24) is 5.32 Å². The second-order valence-electron chi connectivity index (χ2n) is 3.50. The second-order valence-corrected chi connectivity index (χ2v) is 5.49. The SMILES string of the molecule is CCCCSc1ccc(CNC)cc1Br. The van der Waals surface area contributed by atoms with E-state index in [9.17, 15) is 0 Å². The summed E-state index contributed by atoms with van der Waals surface area (Å²) in [5.74, 6) is 1.21. The monoisotopic (exact) mass is 287 g/mol. The van der Waals surface area contributed by atoms with Crippen molar-refractivity contribution in [1.29, 1.82) is 0 Å². The second kappa shape index (κ2) is 7.31. The average Bonchev–Trinajstić information content (AvgIpc) is 2.22. The summed E-state index contributed by atoms with van der Waals surface area (Å²) in [6.45, 7) is 3.16. The van der Waals surface area contributed by atoms with Crippen molar-refractivity contribution < 1.29 is 0 Å². The van der Waals surface area contributed by atoms with Crippen LogP contribution in [0.1, 0.15) is 25.3 Å². The van der Waals surface area contributed by atoms with Crippen LogP contribution in [-0.2, 0) is 6.54 Å². The van der Waals surface area contributed by atoms with Gasteiger partial charge >= 0.3 is 0 Å². The Labute approximate surface area is 105 Å². The van der Waals surface area contributed by atoms with Crippen molar-refractivity contribution in [3.63, 3.8) is 0 Å². The van der Waals surface area contributed by atoms with Gasteiger partial charge < -0.3 is 5.32 Å². The number of thioether (sulfide) groups is 1. The molecule has 0 heterocycles. The van der Waals surface area contributed by atoms with Crippen molar-refractivity contribution in [2.75, 3.05) is 12.8 Å². The fourth-order valence-electron chi connectivity index (χ4n) is 1.30. The number of nitrogens with one attached hydrogen (secondary N) is 1. The Balaban J connectivity index is 2.58. The van der Waals surface area contributed by atoms with E-state index in [2.05, 4.69) is 46.4 Å². The zero-order valence-corrected chi connectivity index (χ0v) is 11.7. The van der Waals surface area contributed by atoms with Gasteiger partial charge in [0.15, 0.2) is 0 Å². The third-order valence-corrected chi connectivity index (χ3v) is 4.21. The molecule has 15 heavy (non-hydrogen) atoms. The fraction of sp³-hybridized carbons (Fsp3) is 0.500. The number of halogens is 1. The highest BCUT2D eigenvalue weighted by Gasteiger charge is 2.01. The lowest BCUT2D eigenvalue weighted by atomic mass is 10.2. The molecule has 0 aliphatic carbocycles. The van der Waals surface area contributed by atoms with Crippen molar-refractivity contribution in [3.8, 4) is 0 Å². The van der Waals surface area contributed by atoms with Gasteiger partial charge in [0.25, 0.3) is 0 Å². The molecule has 0 atom stereocenters. The van der Waals surface area contributed by atoms with Gasteiger partial charge in [0, 0.05) is 15.9 Å². The number of rotatable bonds is 6. The van der Waals surface area contributed by atoms with Crippen LogP contribution in [0.4, 0.5) is 0 Å². The molecule has 0 spiro atoms. The maximum atomic E-state index is 3.62. The minimum absolute atomic E-state index is 0.929. The highest BCUT2D eigenvalue weighted by Crippen LogP contribution is 2.29. The van der Waals surface area contributed by atoms with Crippen LogP contribution in [0.25, 0.3) is 0 Å². The molecule has 0 saturated heterocycles. The highest BCUT2D eigenvalue weighted by atomic mass is 79.9. The molecule has 84 valence electrons. The summed E-state index contributed by atoms with van der Waals surface area (Å²) in [7, 11) is 1.97. The summed E-state index contributed by atoms with van der Waals surface area (Å²) in [6.07, 6.45) is 2.55. The van der Waals surface area contributed by atoms with E-state index >= 15 is 0 Å². The number of benzene rings is 1. The van der Waals surface area contributed by atoms with E-state index in [0.29, 0.717) is 0 Å². The van der Waals surface area contributed by atoms with Crippen molar-refractivity contribution in [2.24, 2.45) is 0 Å². The zero-order valence-electron chi connectivity index (χ0n) is 9.35. The Bertz CT molecular complexity index is 302. The van der Waals surface area contributed by atoms with Gasteiger partial charge in [0.05, 0.1) is 0 Å². The standard InChI is InChI=1S/C12H18BrNS/c1-3-4-7-15-12-6-5-10(9-14-2)8-11(12)13/h5-6,8,14H,3-4,7,9H2,1-2H3. The Morgan fingerprint density at radius 2 is 2.20 bits per heavy atom. The molecule has 0 aromatic heterocycles. The minimum atomic E-state index is 0.929.